The maximum absolute atomic E-state index is 12.5. The molecule has 3 heterocycles. The Labute approximate surface area is 180 Å². The van der Waals surface area contributed by atoms with Gasteiger partial charge in [0.2, 0.25) is 5.95 Å². The van der Waals surface area contributed by atoms with Gasteiger partial charge in [-0.15, -0.1) is 0 Å². The molecule has 1 aromatic rings. The molecule has 0 bridgehead atoms. The van der Waals surface area contributed by atoms with E-state index in [1.54, 1.807) is 12.4 Å². The fourth-order valence-corrected chi connectivity index (χ4v) is 3.61. The van der Waals surface area contributed by atoms with Gasteiger partial charge in [0.25, 0.3) is 0 Å². The predicted octanol–water partition coefficient (Wildman–Crippen LogP) is 2.61. The first kappa shape index (κ1) is 22.8. The van der Waals surface area contributed by atoms with Crippen LogP contribution in [0.5, 0.6) is 0 Å². The Morgan fingerprint density at radius 1 is 1.23 bits per heavy atom. The normalized spacial score (nSPS) is 23.0. The van der Waals surface area contributed by atoms with Crippen LogP contribution in [-0.2, 0) is 14.0 Å². The largest absolute Gasteiger partial charge is 0.498 e. The van der Waals surface area contributed by atoms with E-state index in [0.717, 1.165) is 24.8 Å². The molecule has 1 aromatic heterocycles. The van der Waals surface area contributed by atoms with E-state index in [-0.39, 0.29) is 12.1 Å². The molecule has 3 rings (SSSR count). The maximum atomic E-state index is 12.5. The molecule has 2 fully saturated rings. The number of amides is 1. The van der Waals surface area contributed by atoms with Crippen molar-refractivity contribution < 1.29 is 18.8 Å². The molecule has 1 atom stereocenters. The van der Waals surface area contributed by atoms with Gasteiger partial charge in [-0.05, 0) is 61.3 Å². The van der Waals surface area contributed by atoms with Gasteiger partial charge in [-0.1, -0.05) is 0 Å². The molecule has 0 N–H and O–H groups in total. The summed E-state index contributed by atoms with van der Waals surface area (Å²) in [5.41, 5.74) is -0.508. The van der Waals surface area contributed by atoms with Gasteiger partial charge in [0.1, 0.15) is 5.60 Å². The molecule has 0 radical (unpaired) electrons. The van der Waals surface area contributed by atoms with E-state index in [2.05, 4.69) is 9.97 Å². The van der Waals surface area contributed by atoms with Crippen molar-refractivity contribution in [3.05, 3.63) is 12.4 Å². The van der Waals surface area contributed by atoms with E-state index in [9.17, 15) is 4.79 Å². The van der Waals surface area contributed by atoms with Crippen LogP contribution >= 0.6 is 0 Å². The fourth-order valence-electron chi connectivity index (χ4n) is 3.61. The number of hydrogen-bond acceptors (Lipinski definition) is 7. The summed E-state index contributed by atoms with van der Waals surface area (Å²) < 4.78 is 17.7. The summed E-state index contributed by atoms with van der Waals surface area (Å²) in [6.45, 7) is 15.1. The lowest BCUT2D eigenvalue weighted by molar-refractivity contribution is 0.00578. The third-order valence-corrected chi connectivity index (χ3v) is 6.01. The van der Waals surface area contributed by atoms with Crippen LogP contribution in [0, 0.1) is 0 Å². The molecule has 0 aromatic carbocycles. The van der Waals surface area contributed by atoms with Gasteiger partial charge in [0, 0.05) is 38.0 Å². The van der Waals surface area contributed by atoms with Crippen molar-refractivity contribution in [1.29, 1.82) is 0 Å². The van der Waals surface area contributed by atoms with Gasteiger partial charge < -0.3 is 23.8 Å². The van der Waals surface area contributed by atoms with E-state index in [1.165, 1.54) is 0 Å². The molecule has 0 saturated carbocycles. The number of likely N-dealkylation sites (N-methyl/N-ethyl adjacent to an activating group) is 1. The van der Waals surface area contributed by atoms with E-state index in [4.69, 9.17) is 14.0 Å². The molecule has 166 valence electrons. The minimum absolute atomic E-state index is 0.0798. The lowest BCUT2D eigenvalue weighted by Gasteiger charge is -2.32. The minimum Gasteiger partial charge on any atom is -0.444 e. The van der Waals surface area contributed by atoms with Crippen LogP contribution < -0.4 is 10.4 Å². The highest BCUT2D eigenvalue weighted by molar-refractivity contribution is 6.61. The zero-order valence-electron chi connectivity index (χ0n) is 19.6. The molecule has 8 nitrogen and oxygen atoms in total. The Morgan fingerprint density at radius 3 is 2.33 bits per heavy atom. The number of ether oxygens (including phenoxy) is 1. The highest BCUT2D eigenvalue weighted by atomic mass is 16.7. The van der Waals surface area contributed by atoms with Crippen LogP contribution in [0.15, 0.2) is 12.4 Å². The van der Waals surface area contributed by atoms with Gasteiger partial charge in [-0.3, -0.25) is 0 Å². The molecular weight excluding hydrogens is 383 g/mol. The molecular formula is C21H35BN4O4. The van der Waals surface area contributed by atoms with Crippen molar-refractivity contribution in [3.63, 3.8) is 0 Å². The monoisotopic (exact) mass is 418 g/mol. The Balaban J connectivity index is 1.62. The summed E-state index contributed by atoms with van der Waals surface area (Å²) >= 11 is 0. The number of aromatic nitrogens is 2. The first-order valence-corrected chi connectivity index (χ1v) is 10.7. The average molecular weight is 418 g/mol. The van der Waals surface area contributed by atoms with E-state index < -0.39 is 23.9 Å². The van der Waals surface area contributed by atoms with Crippen molar-refractivity contribution >= 4 is 24.6 Å². The van der Waals surface area contributed by atoms with Gasteiger partial charge in [0.15, 0.2) is 0 Å². The van der Waals surface area contributed by atoms with Crippen LogP contribution in [0.25, 0.3) is 0 Å². The van der Waals surface area contributed by atoms with E-state index in [1.807, 2.05) is 65.3 Å². The number of nitrogens with zero attached hydrogens (tertiary/aromatic N) is 4. The summed E-state index contributed by atoms with van der Waals surface area (Å²) in [5, 5.41) is 0. The topological polar surface area (TPSA) is 77.0 Å². The van der Waals surface area contributed by atoms with Crippen LogP contribution in [0.4, 0.5) is 10.7 Å². The summed E-state index contributed by atoms with van der Waals surface area (Å²) in [5.74, 6) is 0.603. The number of anilines is 1. The van der Waals surface area contributed by atoms with Gasteiger partial charge in [-0.2, -0.15) is 0 Å². The van der Waals surface area contributed by atoms with Crippen LogP contribution in [0.3, 0.4) is 0 Å². The standard InChI is InChI=1S/C21H35BN4O4/c1-19(2,3)28-18(27)26-11-9-10-16(26)14-25(8)17-23-12-15(13-24-17)22-29-20(4,5)21(6,7)30-22/h12-13,16H,9-11,14H2,1-8H3. The Hall–Kier alpha value is -1.87. The smallest absolute Gasteiger partial charge is 0.444 e. The predicted molar refractivity (Wildman–Crippen MR) is 117 cm³/mol. The molecule has 0 spiro atoms. The zero-order valence-corrected chi connectivity index (χ0v) is 19.6. The first-order chi connectivity index (χ1) is 13.8. The summed E-state index contributed by atoms with van der Waals surface area (Å²) in [6.07, 6.45) is 5.16. The Morgan fingerprint density at radius 2 is 1.80 bits per heavy atom. The molecule has 9 heteroatoms. The van der Waals surface area contributed by atoms with Crippen molar-refractivity contribution in [2.75, 3.05) is 25.0 Å². The summed E-state index contributed by atoms with van der Waals surface area (Å²) in [7, 11) is 1.46. The van der Waals surface area contributed by atoms with E-state index in [0.29, 0.717) is 12.5 Å². The third-order valence-electron chi connectivity index (χ3n) is 6.01. The lowest BCUT2D eigenvalue weighted by atomic mass is 9.81. The number of carbonyl (C=O) groups excluding carboxylic acids is 1. The van der Waals surface area contributed by atoms with E-state index >= 15 is 0 Å². The van der Waals surface area contributed by atoms with Crippen molar-refractivity contribution in [1.82, 2.24) is 14.9 Å². The van der Waals surface area contributed by atoms with Gasteiger partial charge in [0.05, 0.1) is 17.2 Å². The molecule has 2 aliphatic heterocycles. The maximum Gasteiger partial charge on any atom is 0.498 e. The molecule has 1 amide bonds. The highest BCUT2D eigenvalue weighted by Gasteiger charge is 2.52. The summed E-state index contributed by atoms with van der Waals surface area (Å²) in [4.78, 5) is 25.3. The molecule has 2 aliphatic rings. The number of hydrogen-bond donors (Lipinski definition) is 0. The molecule has 30 heavy (non-hydrogen) atoms. The van der Waals surface area contributed by atoms with Crippen LogP contribution in [0.1, 0.15) is 61.3 Å². The second kappa shape index (κ2) is 8.00. The number of likely N-dealkylation sites (tertiary alicyclic amines) is 1. The lowest BCUT2D eigenvalue weighted by Crippen LogP contribution is -2.45. The zero-order chi connectivity index (χ0) is 22.3. The molecule has 2 saturated heterocycles. The SMILES string of the molecule is CN(CC1CCCN1C(=O)OC(C)(C)C)c1ncc(B2OC(C)(C)C(C)(C)O2)cn1. The van der Waals surface area contributed by atoms with Crippen molar-refractivity contribution in [2.45, 2.75) is 84.2 Å². The van der Waals surface area contributed by atoms with Crippen molar-refractivity contribution in [3.8, 4) is 0 Å². The fraction of sp³-hybridized carbons (Fsp3) is 0.762. The highest BCUT2D eigenvalue weighted by Crippen LogP contribution is 2.36. The average Bonchev–Trinajstić information content (AvgIpc) is 3.15. The number of carbonyl (C=O) groups is 1. The Kier molecular flexibility index (Phi) is 6.08. The first-order valence-electron chi connectivity index (χ1n) is 10.7. The minimum atomic E-state index is -0.497. The number of rotatable bonds is 4. The third kappa shape index (κ3) is 4.89. The van der Waals surface area contributed by atoms with Gasteiger partial charge >= 0.3 is 13.2 Å². The second-order valence-corrected chi connectivity index (χ2v) is 10.3. The quantitative estimate of drug-likeness (QED) is 0.696. The van der Waals surface area contributed by atoms with Crippen LogP contribution in [-0.4, -0.2) is 71.1 Å². The summed E-state index contributed by atoms with van der Waals surface area (Å²) in [6, 6.07) is 0.0798. The van der Waals surface area contributed by atoms with Gasteiger partial charge in [-0.25, -0.2) is 14.8 Å². The second-order valence-electron chi connectivity index (χ2n) is 10.3. The van der Waals surface area contributed by atoms with Crippen molar-refractivity contribution in [2.24, 2.45) is 0 Å². The molecule has 0 aliphatic carbocycles. The Bertz CT molecular complexity index is 747. The van der Waals surface area contributed by atoms with Crippen LogP contribution in [0.2, 0.25) is 0 Å². The molecule has 1 unspecified atom stereocenters.